The Morgan fingerprint density at radius 3 is 2.63 bits per heavy atom. The first kappa shape index (κ1) is 18.1. The van der Waals surface area contributed by atoms with Gasteiger partial charge in [-0.05, 0) is 17.5 Å². The van der Waals surface area contributed by atoms with Gasteiger partial charge < -0.3 is 14.2 Å². The lowest BCUT2D eigenvalue weighted by Gasteiger charge is -2.29. The van der Waals surface area contributed by atoms with Crippen molar-refractivity contribution in [1.82, 2.24) is 18.8 Å². The fourth-order valence-corrected chi connectivity index (χ4v) is 4.79. The van der Waals surface area contributed by atoms with Crippen molar-refractivity contribution in [2.24, 2.45) is 0 Å². The van der Waals surface area contributed by atoms with Crippen molar-refractivity contribution in [3.63, 3.8) is 0 Å². The smallest absolute Gasteiger partial charge is 0.262 e. The number of amides is 1. The van der Waals surface area contributed by atoms with Crippen LogP contribution in [0.15, 0.2) is 41.8 Å². The monoisotopic (exact) mass is 390 g/mol. The average molecular weight is 390 g/mol. The zero-order chi connectivity index (χ0) is 18.9. The van der Waals surface area contributed by atoms with Gasteiger partial charge in [-0.15, -0.1) is 0 Å². The maximum Gasteiger partial charge on any atom is 0.262 e. The Bertz CT molecular complexity index is 934. The molecule has 0 unspecified atom stereocenters. The van der Waals surface area contributed by atoms with Crippen LogP contribution in [0, 0.1) is 0 Å². The van der Waals surface area contributed by atoms with Gasteiger partial charge >= 0.3 is 0 Å². The van der Waals surface area contributed by atoms with Gasteiger partial charge in [0.2, 0.25) is 5.91 Å². The number of benzene rings is 1. The Morgan fingerprint density at radius 2 is 1.85 bits per heavy atom. The summed E-state index contributed by atoms with van der Waals surface area (Å²) in [4.78, 5) is 18.5. The highest BCUT2D eigenvalue weighted by atomic mass is 32.2. The molecular formula is C18H22N4O4S. The third-order valence-corrected chi connectivity index (χ3v) is 6.77. The number of aromatic nitrogens is 2. The highest BCUT2D eigenvalue weighted by molar-refractivity contribution is 7.89. The molecule has 1 fully saturated rings. The van der Waals surface area contributed by atoms with E-state index in [1.807, 2.05) is 18.2 Å². The van der Waals surface area contributed by atoms with Gasteiger partial charge in [0.05, 0.1) is 19.5 Å². The third kappa shape index (κ3) is 3.76. The number of nitrogens with zero attached hydrogens (tertiary/aromatic N) is 4. The van der Waals surface area contributed by atoms with Crippen LogP contribution in [-0.2, 0) is 39.1 Å². The molecule has 0 atom stereocenters. The summed E-state index contributed by atoms with van der Waals surface area (Å²) in [5, 5.41) is -0.0267. The van der Waals surface area contributed by atoms with Crippen molar-refractivity contribution in [3.8, 4) is 0 Å². The molecule has 4 rings (SSSR count). The molecule has 2 aromatic rings. The Morgan fingerprint density at radius 1 is 1.11 bits per heavy atom. The van der Waals surface area contributed by atoms with Gasteiger partial charge in [-0.25, -0.2) is 13.4 Å². The molecule has 1 saturated heterocycles. The zero-order valence-electron chi connectivity index (χ0n) is 15.0. The molecule has 1 aromatic heterocycles. The standard InChI is InChI=1S/C18H22N4O4S/c23-18(21-6-5-15-3-1-2-4-16(15)11-21)13-20-12-17(19-14-20)27(24,25)22-7-9-26-10-8-22/h1-4,12,14H,5-11,13H2. The molecule has 27 heavy (non-hydrogen) atoms. The van der Waals surface area contributed by atoms with Crippen LogP contribution < -0.4 is 0 Å². The maximum atomic E-state index is 12.6. The summed E-state index contributed by atoms with van der Waals surface area (Å²) < 4.78 is 33.4. The van der Waals surface area contributed by atoms with Crippen LogP contribution in [-0.4, -0.2) is 65.9 Å². The first-order valence-electron chi connectivity index (χ1n) is 8.98. The fourth-order valence-electron chi connectivity index (χ4n) is 3.44. The van der Waals surface area contributed by atoms with Crippen LogP contribution in [0.1, 0.15) is 11.1 Å². The molecule has 0 bridgehead atoms. The van der Waals surface area contributed by atoms with Crippen molar-refractivity contribution in [1.29, 1.82) is 0 Å². The van der Waals surface area contributed by atoms with Gasteiger partial charge in [0.1, 0.15) is 6.54 Å². The highest BCUT2D eigenvalue weighted by Gasteiger charge is 2.29. The predicted molar refractivity (Wildman–Crippen MR) is 97.4 cm³/mol. The summed E-state index contributed by atoms with van der Waals surface area (Å²) in [6.45, 7) is 2.74. The van der Waals surface area contributed by atoms with E-state index in [1.165, 1.54) is 32.5 Å². The quantitative estimate of drug-likeness (QED) is 0.759. The first-order chi connectivity index (χ1) is 13.0. The first-order valence-corrected chi connectivity index (χ1v) is 10.4. The van der Waals surface area contributed by atoms with Gasteiger partial charge in [-0.2, -0.15) is 4.31 Å². The lowest BCUT2D eigenvalue weighted by Crippen LogP contribution is -2.40. The van der Waals surface area contributed by atoms with Crippen molar-refractivity contribution >= 4 is 15.9 Å². The third-order valence-electron chi connectivity index (χ3n) is 4.99. The van der Waals surface area contributed by atoms with Crippen LogP contribution in [0.25, 0.3) is 0 Å². The number of carbonyl (C=O) groups excluding carboxylic acids is 1. The Kier molecular flexibility index (Phi) is 4.98. The molecule has 0 saturated carbocycles. The number of hydrogen-bond donors (Lipinski definition) is 0. The number of sulfonamides is 1. The lowest BCUT2D eigenvalue weighted by molar-refractivity contribution is -0.132. The van der Waals surface area contributed by atoms with E-state index in [2.05, 4.69) is 11.1 Å². The van der Waals surface area contributed by atoms with Gasteiger partial charge in [-0.3, -0.25) is 4.79 Å². The lowest BCUT2D eigenvalue weighted by atomic mass is 10.00. The molecule has 2 aliphatic rings. The van der Waals surface area contributed by atoms with Gasteiger partial charge in [0.15, 0.2) is 5.03 Å². The molecule has 0 N–H and O–H groups in total. The summed E-state index contributed by atoms with van der Waals surface area (Å²) >= 11 is 0. The number of fused-ring (bicyclic) bond motifs is 1. The van der Waals surface area contributed by atoms with Crippen LogP contribution in [0.4, 0.5) is 0 Å². The van der Waals surface area contributed by atoms with Gasteiger partial charge in [0.25, 0.3) is 10.0 Å². The second-order valence-electron chi connectivity index (χ2n) is 6.73. The van der Waals surface area contributed by atoms with E-state index in [0.717, 1.165) is 6.42 Å². The van der Waals surface area contributed by atoms with Crippen molar-refractivity contribution < 1.29 is 17.9 Å². The number of morpholine rings is 1. The SMILES string of the molecule is O=C(Cn1cnc(S(=O)(=O)N2CCOCC2)c1)N1CCc2ccccc2C1. The number of hydrogen-bond acceptors (Lipinski definition) is 5. The van der Waals surface area contributed by atoms with Crippen molar-refractivity contribution in [2.75, 3.05) is 32.8 Å². The topological polar surface area (TPSA) is 84.7 Å². The van der Waals surface area contributed by atoms with E-state index in [-0.39, 0.29) is 17.5 Å². The van der Waals surface area contributed by atoms with E-state index < -0.39 is 10.0 Å². The van der Waals surface area contributed by atoms with E-state index in [0.29, 0.717) is 39.4 Å². The Balaban J connectivity index is 1.43. The molecule has 1 aromatic carbocycles. The van der Waals surface area contributed by atoms with E-state index >= 15 is 0 Å². The van der Waals surface area contributed by atoms with E-state index in [9.17, 15) is 13.2 Å². The van der Waals surface area contributed by atoms with Crippen LogP contribution in [0.5, 0.6) is 0 Å². The van der Waals surface area contributed by atoms with Crippen molar-refractivity contribution in [3.05, 3.63) is 47.9 Å². The summed E-state index contributed by atoms with van der Waals surface area (Å²) in [6.07, 6.45) is 3.67. The van der Waals surface area contributed by atoms with Crippen LogP contribution in [0.2, 0.25) is 0 Å². The number of carbonyl (C=O) groups is 1. The molecule has 0 spiro atoms. The van der Waals surface area contributed by atoms with Crippen molar-refractivity contribution in [2.45, 2.75) is 24.5 Å². The van der Waals surface area contributed by atoms with Crippen LogP contribution >= 0.6 is 0 Å². The highest BCUT2D eigenvalue weighted by Crippen LogP contribution is 2.19. The maximum absolute atomic E-state index is 12.6. The largest absolute Gasteiger partial charge is 0.379 e. The minimum atomic E-state index is -3.65. The van der Waals surface area contributed by atoms with E-state index in [1.54, 1.807) is 4.90 Å². The molecule has 8 nitrogen and oxygen atoms in total. The molecule has 9 heteroatoms. The summed E-state index contributed by atoms with van der Waals surface area (Å²) in [5.74, 6) is -0.0442. The fraction of sp³-hybridized carbons (Fsp3) is 0.444. The molecule has 0 radical (unpaired) electrons. The molecular weight excluding hydrogens is 368 g/mol. The molecule has 2 aliphatic heterocycles. The minimum absolute atomic E-state index is 0.0267. The second kappa shape index (κ2) is 7.41. The summed E-state index contributed by atoms with van der Waals surface area (Å²) in [6, 6.07) is 8.12. The van der Waals surface area contributed by atoms with Crippen LogP contribution in [0.3, 0.4) is 0 Å². The predicted octanol–water partition coefficient (Wildman–Crippen LogP) is 0.489. The molecule has 3 heterocycles. The van der Waals surface area contributed by atoms with E-state index in [4.69, 9.17) is 4.74 Å². The molecule has 144 valence electrons. The molecule has 1 amide bonds. The number of imidazole rings is 1. The summed E-state index contributed by atoms with van der Waals surface area (Å²) in [7, 11) is -3.65. The minimum Gasteiger partial charge on any atom is -0.379 e. The van der Waals surface area contributed by atoms with Gasteiger partial charge in [0, 0.05) is 32.4 Å². The average Bonchev–Trinajstić information content (AvgIpc) is 3.17. The number of rotatable bonds is 4. The Hall–Kier alpha value is -2.23. The molecule has 0 aliphatic carbocycles. The summed E-state index contributed by atoms with van der Waals surface area (Å²) in [5.41, 5.74) is 2.45. The Labute approximate surface area is 158 Å². The second-order valence-corrected chi connectivity index (χ2v) is 8.62. The number of ether oxygens (including phenoxy) is 1. The zero-order valence-corrected chi connectivity index (χ0v) is 15.8. The van der Waals surface area contributed by atoms with Gasteiger partial charge in [-0.1, -0.05) is 24.3 Å². The normalized spacial score (nSPS) is 18.3.